The van der Waals surface area contributed by atoms with Crippen molar-refractivity contribution in [2.45, 2.75) is 26.2 Å². The van der Waals surface area contributed by atoms with Gasteiger partial charge in [0.15, 0.2) is 0 Å². The van der Waals surface area contributed by atoms with Crippen LogP contribution in [0.15, 0.2) is 24.3 Å². The average Bonchev–Trinajstić information content (AvgIpc) is 2.47. The number of hydrogen-bond acceptors (Lipinski definition) is 1. The Hall–Kier alpha value is -1.02. The summed E-state index contributed by atoms with van der Waals surface area (Å²) in [6.45, 7) is 3.80. The van der Waals surface area contributed by atoms with Crippen LogP contribution in [0.2, 0.25) is 0 Å². The zero-order valence-corrected chi connectivity index (χ0v) is 11.6. The largest absolute Gasteiger partial charge is 0.339 e. The molecule has 1 aromatic rings. The van der Waals surface area contributed by atoms with E-state index in [0.29, 0.717) is 11.8 Å². The number of carbonyl (C=O) groups is 1. The van der Waals surface area contributed by atoms with Crippen LogP contribution in [0.25, 0.3) is 0 Å². The van der Waals surface area contributed by atoms with E-state index in [1.165, 1.54) is 5.56 Å². The number of piperidine rings is 1. The average molecular weight is 266 g/mol. The summed E-state index contributed by atoms with van der Waals surface area (Å²) < 4.78 is 0. The summed E-state index contributed by atoms with van der Waals surface area (Å²) >= 11 is 5.85. The lowest BCUT2D eigenvalue weighted by molar-refractivity contribution is 0.0698. The second kappa shape index (κ2) is 6.24. The summed E-state index contributed by atoms with van der Waals surface area (Å²) in [6, 6.07) is 7.96. The van der Waals surface area contributed by atoms with Crippen LogP contribution in [0.1, 0.15) is 35.7 Å². The number of benzene rings is 1. The Morgan fingerprint density at radius 1 is 1.28 bits per heavy atom. The van der Waals surface area contributed by atoms with E-state index in [1.807, 2.05) is 29.2 Å². The highest BCUT2D eigenvalue weighted by Gasteiger charge is 2.22. The van der Waals surface area contributed by atoms with Crippen molar-refractivity contribution < 1.29 is 4.79 Å². The predicted molar refractivity (Wildman–Crippen MR) is 75.2 cm³/mol. The van der Waals surface area contributed by atoms with Crippen LogP contribution in [0.4, 0.5) is 0 Å². The Morgan fingerprint density at radius 2 is 1.89 bits per heavy atom. The van der Waals surface area contributed by atoms with Gasteiger partial charge in [-0.2, -0.15) is 0 Å². The lowest BCUT2D eigenvalue weighted by Gasteiger charge is -2.31. The molecule has 0 atom stereocenters. The number of likely N-dealkylation sites (tertiary alicyclic amines) is 1. The van der Waals surface area contributed by atoms with Gasteiger partial charge in [0.25, 0.3) is 5.91 Å². The Labute approximate surface area is 114 Å². The lowest BCUT2D eigenvalue weighted by atomic mass is 9.98. The molecule has 98 valence electrons. The number of hydrogen-bond donors (Lipinski definition) is 0. The van der Waals surface area contributed by atoms with Crippen LogP contribution < -0.4 is 0 Å². The number of halogens is 1. The monoisotopic (exact) mass is 265 g/mol. The van der Waals surface area contributed by atoms with Crippen molar-refractivity contribution in [2.75, 3.05) is 19.0 Å². The van der Waals surface area contributed by atoms with Crippen molar-refractivity contribution in [3.8, 4) is 0 Å². The van der Waals surface area contributed by atoms with Crippen LogP contribution in [-0.4, -0.2) is 29.8 Å². The summed E-state index contributed by atoms with van der Waals surface area (Å²) in [7, 11) is 0. The van der Waals surface area contributed by atoms with Gasteiger partial charge in [-0.3, -0.25) is 4.79 Å². The summed E-state index contributed by atoms with van der Waals surface area (Å²) in [5.74, 6) is 1.46. The standard InChI is InChI=1S/C15H20ClNO/c1-2-12-3-5-14(6-4-12)15(18)17-9-7-13(11-16)8-10-17/h3-6,13H,2,7-11H2,1H3. The fourth-order valence-corrected chi connectivity index (χ4v) is 2.66. The smallest absolute Gasteiger partial charge is 0.253 e. The Kier molecular flexibility index (Phi) is 4.65. The van der Waals surface area contributed by atoms with Gasteiger partial charge in [0.1, 0.15) is 0 Å². The molecular formula is C15H20ClNO. The molecule has 0 radical (unpaired) electrons. The van der Waals surface area contributed by atoms with E-state index in [1.54, 1.807) is 0 Å². The molecule has 2 rings (SSSR count). The number of nitrogens with zero attached hydrogens (tertiary/aromatic N) is 1. The SMILES string of the molecule is CCc1ccc(C(=O)N2CCC(CCl)CC2)cc1. The molecule has 18 heavy (non-hydrogen) atoms. The molecule has 1 fully saturated rings. The van der Waals surface area contributed by atoms with Gasteiger partial charge in [0.2, 0.25) is 0 Å². The summed E-state index contributed by atoms with van der Waals surface area (Å²) in [4.78, 5) is 14.2. The van der Waals surface area contributed by atoms with Crippen molar-refractivity contribution >= 4 is 17.5 Å². The van der Waals surface area contributed by atoms with Crippen LogP contribution in [0.3, 0.4) is 0 Å². The first kappa shape index (κ1) is 13.4. The van der Waals surface area contributed by atoms with Gasteiger partial charge in [-0.25, -0.2) is 0 Å². The van der Waals surface area contributed by atoms with Crippen LogP contribution >= 0.6 is 11.6 Å². The Balaban J connectivity index is 1.98. The molecule has 1 amide bonds. The highest BCUT2D eigenvalue weighted by Crippen LogP contribution is 2.20. The molecule has 2 nitrogen and oxygen atoms in total. The maximum absolute atomic E-state index is 12.3. The predicted octanol–water partition coefficient (Wildman–Crippen LogP) is 3.34. The Morgan fingerprint density at radius 3 is 2.39 bits per heavy atom. The third-order valence-electron chi connectivity index (χ3n) is 3.73. The summed E-state index contributed by atoms with van der Waals surface area (Å²) in [5, 5.41) is 0. The van der Waals surface area contributed by atoms with Crippen molar-refractivity contribution in [3.63, 3.8) is 0 Å². The second-order valence-electron chi connectivity index (χ2n) is 4.94. The first-order valence-corrected chi connectivity index (χ1v) is 7.22. The van der Waals surface area contributed by atoms with E-state index in [2.05, 4.69) is 6.92 Å². The molecular weight excluding hydrogens is 246 g/mol. The summed E-state index contributed by atoms with van der Waals surface area (Å²) in [5.41, 5.74) is 2.07. The Bertz CT molecular complexity index is 393. The van der Waals surface area contributed by atoms with Crippen LogP contribution in [0.5, 0.6) is 0 Å². The minimum absolute atomic E-state index is 0.158. The molecule has 0 bridgehead atoms. The first-order chi connectivity index (χ1) is 8.74. The normalized spacial score (nSPS) is 16.9. The molecule has 0 unspecified atom stereocenters. The molecule has 0 aromatic heterocycles. The van der Waals surface area contributed by atoms with Crippen molar-refractivity contribution in [1.82, 2.24) is 4.90 Å². The van der Waals surface area contributed by atoms with Crippen molar-refractivity contribution in [3.05, 3.63) is 35.4 Å². The second-order valence-corrected chi connectivity index (χ2v) is 5.25. The zero-order chi connectivity index (χ0) is 13.0. The van der Waals surface area contributed by atoms with Gasteiger partial charge >= 0.3 is 0 Å². The van der Waals surface area contributed by atoms with Crippen molar-refractivity contribution in [1.29, 1.82) is 0 Å². The van der Waals surface area contributed by atoms with Gasteiger partial charge in [-0.05, 0) is 42.9 Å². The molecule has 1 saturated heterocycles. The highest BCUT2D eigenvalue weighted by atomic mass is 35.5. The fraction of sp³-hybridized carbons (Fsp3) is 0.533. The molecule has 0 saturated carbocycles. The van der Waals surface area contributed by atoms with E-state index < -0.39 is 0 Å². The first-order valence-electron chi connectivity index (χ1n) is 6.68. The molecule has 1 aliphatic rings. The number of rotatable bonds is 3. The van der Waals surface area contributed by atoms with Gasteiger partial charge in [-0.15, -0.1) is 11.6 Å². The van der Waals surface area contributed by atoms with E-state index in [0.717, 1.165) is 37.9 Å². The molecule has 1 aromatic carbocycles. The molecule has 1 heterocycles. The van der Waals surface area contributed by atoms with Gasteiger partial charge in [-0.1, -0.05) is 19.1 Å². The highest BCUT2D eigenvalue weighted by molar-refractivity contribution is 6.18. The molecule has 3 heteroatoms. The molecule has 1 aliphatic heterocycles. The van der Waals surface area contributed by atoms with E-state index >= 15 is 0 Å². The third-order valence-corrected chi connectivity index (χ3v) is 4.17. The van der Waals surface area contributed by atoms with E-state index in [4.69, 9.17) is 11.6 Å². The number of amides is 1. The lowest BCUT2D eigenvalue weighted by Crippen LogP contribution is -2.38. The fourth-order valence-electron chi connectivity index (χ4n) is 2.36. The molecule has 0 aliphatic carbocycles. The topological polar surface area (TPSA) is 20.3 Å². The molecule has 0 spiro atoms. The molecule has 0 N–H and O–H groups in total. The zero-order valence-electron chi connectivity index (χ0n) is 10.9. The maximum Gasteiger partial charge on any atom is 0.253 e. The summed E-state index contributed by atoms with van der Waals surface area (Å²) in [6.07, 6.45) is 3.07. The number of carbonyl (C=O) groups excluding carboxylic acids is 1. The minimum atomic E-state index is 0.158. The minimum Gasteiger partial charge on any atom is -0.339 e. The number of aryl methyl sites for hydroxylation is 1. The van der Waals surface area contributed by atoms with Gasteiger partial charge in [0, 0.05) is 24.5 Å². The van der Waals surface area contributed by atoms with Crippen molar-refractivity contribution in [2.24, 2.45) is 5.92 Å². The quantitative estimate of drug-likeness (QED) is 0.768. The van der Waals surface area contributed by atoms with Gasteiger partial charge < -0.3 is 4.90 Å². The van der Waals surface area contributed by atoms with Crippen LogP contribution in [0, 0.1) is 5.92 Å². The van der Waals surface area contributed by atoms with Crippen LogP contribution in [-0.2, 0) is 6.42 Å². The van der Waals surface area contributed by atoms with E-state index in [-0.39, 0.29) is 5.91 Å². The van der Waals surface area contributed by atoms with Gasteiger partial charge in [0.05, 0.1) is 0 Å². The maximum atomic E-state index is 12.3. The van der Waals surface area contributed by atoms with E-state index in [9.17, 15) is 4.79 Å². The number of alkyl halides is 1. The third kappa shape index (κ3) is 3.05.